The lowest BCUT2D eigenvalue weighted by Crippen LogP contribution is -2.32. The number of hydrogen-bond donors (Lipinski definition) is 4. The lowest BCUT2D eigenvalue weighted by atomic mass is 10.2. The van der Waals surface area contributed by atoms with E-state index >= 15 is 0 Å². The number of nitrogens with one attached hydrogen (secondary N) is 2. The molecule has 110 valence electrons. The summed E-state index contributed by atoms with van der Waals surface area (Å²) in [6, 6.07) is 3.68. The van der Waals surface area contributed by atoms with Crippen molar-refractivity contribution in [3.63, 3.8) is 0 Å². The maximum Gasteiger partial charge on any atom is 0.255 e. The van der Waals surface area contributed by atoms with Gasteiger partial charge in [0.05, 0.1) is 12.2 Å². The van der Waals surface area contributed by atoms with E-state index in [0.29, 0.717) is 13.2 Å². The normalized spacial score (nSPS) is 10.1. The van der Waals surface area contributed by atoms with E-state index in [0.717, 1.165) is 6.07 Å². The molecule has 20 heavy (non-hydrogen) atoms. The Balaban J connectivity index is 2.34. The van der Waals surface area contributed by atoms with Crippen LogP contribution in [0.4, 0.5) is 0 Å². The van der Waals surface area contributed by atoms with Crippen molar-refractivity contribution >= 4 is 11.8 Å². The molecule has 0 bridgehead atoms. The van der Waals surface area contributed by atoms with E-state index < -0.39 is 5.91 Å². The monoisotopic (exact) mass is 282 g/mol. The van der Waals surface area contributed by atoms with Crippen molar-refractivity contribution in [3.8, 4) is 11.5 Å². The Morgan fingerprint density at radius 2 is 1.95 bits per heavy atom. The topological polar surface area (TPSA) is 108 Å². The van der Waals surface area contributed by atoms with E-state index in [1.54, 1.807) is 0 Å². The molecule has 1 rings (SSSR count). The fraction of sp³-hybridized carbons (Fsp3) is 0.385. The first-order valence-electron chi connectivity index (χ1n) is 6.10. The van der Waals surface area contributed by atoms with Gasteiger partial charge in [-0.15, -0.1) is 0 Å². The maximum absolute atomic E-state index is 11.7. The standard InChI is InChI=1S/C13H18N2O5/c1-20-7-6-14-12(18)4-5-15-13(19)10-3-2-9(16)8-11(10)17/h2-3,8,16-17H,4-7H2,1H3,(H,14,18)(H,15,19). The van der Waals surface area contributed by atoms with Crippen LogP contribution in [0.1, 0.15) is 16.8 Å². The van der Waals surface area contributed by atoms with Gasteiger partial charge in [0.2, 0.25) is 5.91 Å². The first kappa shape index (κ1) is 15.8. The second kappa shape index (κ2) is 8.00. The van der Waals surface area contributed by atoms with Crippen molar-refractivity contribution in [2.75, 3.05) is 26.8 Å². The molecule has 7 heteroatoms. The van der Waals surface area contributed by atoms with Crippen LogP contribution in [0, 0.1) is 0 Å². The number of phenols is 2. The Hall–Kier alpha value is -2.28. The summed E-state index contributed by atoms with van der Waals surface area (Å²) in [6.45, 7) is 0.999. The lowest BCUT2D eigenvalue weighted by molar-refractivity contribution is -0.121. The van der Waals surface area contributed by atoms with Gasteiger partial charge in [-0.2, -0.15) is 0 Å². The molecule has 1 aromatic rings. The van der Waals surface area contributed by atoms with Crippen molar-refractivity contribution in [3.05, 3.63) is 23.8 Å². The average molecular weight is 282 g/mol. The van der Waals surface area contributed by atoms with Crippen LogP contribution >= 0.6 is 0 Å². The van der Waals surface area contributed by atoms with Gasteiger partial charge < -0.3 is 25.6 Å². The SMILES string of the molecule is COCCNC(=O)CCNC(=O)c1ccc(O)cc1O. The van der Waals surface area contributed by atoms with E-state index in [4.69, 9.17) is 9.84 Å². The summed E-state index contributed by atoms with van der Waals surface area (Å²) < 4.78 is 4.78. The Morgan fingerprint density at radius 3 is 2.60 bits per heavy atom. The molecule has 0 aliphatic heterocycles. The van der Waals surface area contributed by atoms with Crippen LogP contribution in [0.25, 0.3) is 0 Å². The minimum absolute atomic E-state index is 0.0441. The molecule has 0 aromatic heterocycles. The van der Waals surface area contributed by atoms with Crippen molar-refractivity contribution in [1.82, 2.24) is 10.6 Å². The van der Waals surface area contributed by atoms with Crippen LogP contribution in [-0.4, -0.2) is 48.8 Å². The highest BCUT2D eigenvalue weighted by Crippen LogP contribution is 2.22. The molecule has 0 spiro atoms. The molecule has 0 unspecified atom stereocenters. The van der Waals surface area contributed by atoms with E-state index in [1.807, 2.05) is 0 Å². The van der Waals surface area contributed by atoms with Gasteiger partial charge in [0.25, 0.3) is 5.91 Å². The van der Waals surface area contributed by atoms with Gasteiger partial charge in [-0.05, 0) is 12.1 Å². The highest BCUT2D eigenvalue weighted by atomic mass is 16.5. The van der Waals surface area contributed by atoms with Crippen LogP contribution in [0.5, 0.6) is 11.5 Å². The second-order valence-corrected chi connectivity index (χ2v) is 4.05. The number of phenolic OH excluding ortho intramolecular Hbond substituents is 2. The van der Waals surface area contributed by atoms with Crippen LogP contribution in [0.2, 0.25) is 0 Å². The number of ether oxygens (including phenoxy) is 1. The van der Waals surface area contributed by atoms with E-state index in [-0.39, 0.29) is 35.9 Å². The predicted molar refractivity (Wildman–Crippen MR) is 71.6 cm³/mol. The minimum atomic E-state index is -0.507. The summed E-state index contributed by atoms with van der Waals surface area (Å²) in [4.78, 5) is 23.1. The Bertz CT molecular complexity index is 476. The smallest absolute Gasteiger partial charge is 0.255 e. The van der Waals surface area contributed by atoms with Crippen LogP contribution in [0.3, 0.4) is 0 Å². The van der Waals surface area contributed by atoms with E-state index in [1.165, 1.54) is 19.2 Å². The lowest BCUT2D eigenvalue weighted by Gasteiger charge is -2.07. The number of amides is 2. The zero-order valence-corrected chi connectivity index (χ0v) is 11.2. The van der Waals surface area contributed by atoms with Gasteiger partial charge in [0, 0.05) is 32.7 Å². The molecule has 4 N–H and O–H groups in total. The summed E-state index contributed by atoms with van der Waals surface area (Å²) >= 11 is 0. The Morgan fingerprint density at radius 1 is 1.20 bits per heavy atom. The number of hydrogen-bond acceptors (Lipinski definition) is 5. The number of carbonyl (C=O) groups is 2. The molecule has 0 fully saturated rings. The molecule has 0 atom stereocenters. The second-order valence-electron chi connectivity index (χ2n) is 4.05. The van der Waals surface area contributed by atoms with Crippen molar-refractivity contribution in [2.45, 2.75) is 6.42 Å². The van der Waals surface area contributed by atoms with E-state index in [9.17, 15) is 14.7 Å². The largest absolute Gasteiger partial charge is 0.508 e. The highest BCUT2D eigenvalue weighted by molar-refractivity contribution is 5.97. The summed E-state index contributed by atoms with van der Waals surface area (Å²) in [5.74, 6) is -1.15. The van der Waals surface area contributed by atoms with Crippen LogP contribution in [0.15, 0.2) is 18.2 Å². The number of aromatic hydroxyl groups is 2. The van der Waals surface area contributed by atoms with Crippen molar-refractivity contribution < 1.29 is 24.5 Å². The summed E-state index contributed by atoms with van der Waals surface area (Å²) in [6.07, 6.45) is 0.133. The predicted octanol–water partition coefficient (Wildman–Crippen LogP) is -0.0197. The molecule has 2 amide bonds. The maximum atomic E-state index is 11.7. The van der Waals surface area contributed by atoms with Gasteiger partial charge in [-0.1, -0.05) is 0 Å². The Kier molecular flexibility index (Phi) is 6.31. The molecule has 0 heterocycles. The molecule has 7 nitrogen and oxygen atoms in total. The molecule has 0 saturated carbocycles. The zero-order valence-electron chi connectivity index (χ0n) is 11.2. The number of carbonyl (C=O) groups excluding carboxylic acids is 2. The summed E-state index contributed by atoms with van der Waals surface area (Å²) in [5.41, 5.74) is 0.0441. The molecule has 0 saturated heterocycles. The van der Waals surface area contributed by atoms with Gasteiger partial charge >= 0.3 is 0 Å². The number of methoxy groups -OCH3 is 1. The van der Waals surface area contributed by atoms with Gasteiger partial charge in [-0.3, -0.25) is 9.59 Å². The summed E-state index contributed by atoms with van der Waals surface area (Å²) in [5, 5.41) is 23.7. The number of rotatable bonds is 7. The van der Waals surface area contributed by atoms with Gasteiger partial charge in [0.1, 0.15) is 11.5 Å². The summed E-state index contributed by atoms with van der Waals surface area (Å²) in [7, 11) is 1.54. The minimum Gasteiger partial charge on any atom is -0.508 e. The van der Waals surface area contributed by atoms with Crippen LogP contribution in [-0.2, 0) is 9.53 Å². The fourth-order valence-electron chi connectivity index (χ4n) is 1.48. The van der Waals surface area contributed by atoms with Gasteiger partial charge in [-0.25, -0.2) is 0 Å². The number of benzene rings is 1. The zero-order chi connectivity index (χ0) is 15.0. The third-order valence-corrected chi connectivity index (χ3v) is 2.49. The average Bonchev–Trinajstić information content (AvgIpc) is 2.38. The Labute approximate surface area is 116 Å². The highest BCUT2D eigenvalue weighted by Gasteiger charge is 2.11. The molecular formula is C13H18N2O5. The fourth-order valence-corrected chi connectivity index (χ4v) is 1.48. The van der Waals surface area contributed by atoms with Gasteiger partial charge in [0.15, 0.2) is 0 Å². The third kappa shape index (κ3) is 5.15. The molecule has 0 aliphatic carbocycles. The van der Waals surface area contributed by atoms with Crippen molar-refractivity contribution in [2.24, 2.45) is 0 Å². The third-order valence-electron chi connectivity index (χ3n) is 2.49. The van der Waals surface area contributed by atoms with E-state index in [2.05, 4.69) is 10.6 Å². The molecular weight excluding hydrogens is 264 g/mol. The molecule has 1 aromatic carbocycles. The first-order valence-corrected chi connectivity index (χ1v) is 6.10. The molecule has 0 radical (unpaired) electrons. The molecule has 0 aliphatic rings. The quantitative estimate of drug-likeness (QED) is 0.526. The first-order chi connectivity index (χ1) is 9.54. The van der Waals surface area contributed by atoms with Crippen molar-refractivity contribution in [1.29, 1.82) is 0 Å². The van der Waals surface area contributed by atoms with Crippen LogP contribution < -0.4 is 10.6 Å².